The predicted molar refractivity (Wildman–Crippen MR) is 131 cm³/mol. The zero-order chi connectivity index (χ0) is 24.1. The number of carbonyl (C=O) groups excluding carboxylic acids is 2. The Hall–Kier alpha value is -3.39. The molecule has 1 amide bonds. The van der Waals surface area contributed by atoms with Gasteiger partial charge in [0.2, 0.25) is 5.91 Å². The highest BCUT2D eigenvalue weighted by atomic mass is 32.2. The summed E-state index contributed by atoms with van der Waals surface area (Å²) in [5, 5.41) is 5.41. The van der Waals surface area contributed by atoms with Crippen molar-refractivity contribution >= 4 is 28.8 Å². The van der Waals surface area contributed by atoms with Gasteiger partial charge < -0.3 is 15.0 Å². The van der Waals surface area contributed by atoms with Crippen LogP contribution in [-0.4, -0.2) is 35.6 Å². The fraction of sp³-hybridized carbons (Fsp3) is 0.269. The molecular weight excluding hydrogens is 453 g/mol. The van der Waals surface area contributed by atoms with Crippen molar-refractivity contribution in [1.82, 2.24) is 10.2 Å². The van der Waals surface area contributed by atoms with Gasteiger partial charge >= 0.3 is 5.97 Å². The summed E-state index contributed by atoms with van der Waals surface area (Å²) in [5.41, 5.74) is 2.98. The molecule has 176 valence electrons. The lowest BCUT2D eigenvalue weighted by atomic mass is 9.92. The summed E-state index contributed by atoms with van der Waals surface area (Å²) in [7, 11) is 1.30. The van der Waals surface area contributed by atoms with Crippen LogP contribution < -0.4 is 5.32 Å². The van der Waals surface area contributed by atoms with E-state index in [4.69, 9.17) is 4.74 Å². The molecule has 2 aromatic carbocycles. The van der Waals surface area contributed by atoms with Gasteiger partial charge in [-0.15, -0.1) is 0 Å². The Bertz CT molecular complexity index is 1180. The number of thioether (sulfide) groups is 1. The van der Waals surface area contributed by atoms with Crippen molar-refractivity contribution in [3.05, 3.63) is 93.9 Å². The third-order valence-corrected chi connectivity index (χ3v) is 6.64. The molecule has 0 bridgehead atoms. The third kappa shape index (κ3) is 4.92. The summed E-state index contributed by atoms with van der Waals surface area (Å²) in [6.07, 6.45) is 1.30. The molecular formula is C26H26FN3O3S. The molecule has 2 aliphatic heterocycles. The van der Waals surface area contributed by atoms with Crippen molar-refractivity contribution in [2.24, 2.45) is 4.99 Å². The minimum atomic E-state index is -0.769. The highest BCUT2D eigenvalue weighted by Gasteiger charge is 2.42. The van der Waals surface area contributed by atoms with Gasteiger partial charge in [-0.2, -0.15) is 0 Å². The number of fused-ring (bicyclic) bond motifs is 1. The average Bonchev–Trinajstić information content (AvgIpc) is 3.25. The Morgan fingerprint density at radius 3 is 2.59 bits per heavy atom. The number of ether oxygens (including phenoxy) is 1. The molecule has 0 fully saturated rings. The Morgan fingerprint density at radius 2 is 1.88 bits per heavy atom. The second-order valence-corrected chi connectivity index (χ2v) is 8.72. The molecule has 0 aliphatic carbocycles. The second-order valence-electron chi connectivity index (χ2n) is 7.88. The summed E-state index contributed by atoms with van der Waals surface area (Å²) in [6.45, 7) is 2.40. The number of halogens is 1. The largest absolute Gasteiger partial charge is 0.466 e. The van der Waals surface area contributed by atoms with E-state index >= 15 is 0 Å². The van der Waals surface area contributed by atoms with Crippen molar-refractivity contribution in [1.29, 1.82) is 0 Å². The topological polar surface area (TPSA) is 71.0 Å². The van der Waals surface area contributed by atoms with E-state index < -0.39 is 17.8 Å². The highest BCUT2D eigenvalue weighted by Crippen LogP contribution is 2.45. The molecule has 2 aliphatic rings. The smallest absolute Gasteiger partial charge is 0.338 e. The van der Waals surface area contributed by atoms with E-state index in [1.54, 1.807) is 23.1 Å². The number of nitrogens with one attached hydrogen (secondary N) is 1. The molecule has 0 radical (unpaired) electrons. The van der Waals surface area contributed by atoms with Crippen molar-refractivity contribution in [2.45, 2.75) is 32.2 Å². The SMILES string of the molecule is CCC1=C(C(=O)OC)[C@@H](c2ccccc2F)N2C(CC(=O)NCCc3ccccc3)=CSC2=N1. The minimum Gasteiger partial charge on any atom is -0.466 e. The predicted octanol–water partition coefficient (Wildman–Crippen LogP) is 4.71. The van der Waals surface area contributed by atoms with Crippen molar-refractivity contribution in [3.8, 4) is 0 Å². The summed E-state index contributed by atoms with van der Waals surface area (Å²) in [5.74, 6) is -1.15. The van der Waals surface area contributed by atoms with E-state index in [1.807, 2.05) is 42.7 Å². The van der Waals surface area contributed by atoms with Crippen LogP contribution in [0.25, 0.3) is 0 Å². The van der Waals surface area contributed by atoms with Crippen molar-refractivity contribution in [3.63, 3.8) is 0 Å². The van der Waals surface area contributed by atoms with Gasteiger partial charge in [-0.3, -0.25) is 4.79 Å². The molecule has 8 heteroatoms. The lowest BCUT2D eigenvalue weighted by Crippen LogP contribution is -2.38. The molecule has 1 N–H and O–H groups in total. The van der Waals surface area contributed by atoms with Crippen LogP contribution in [0, 0.1) is 5.82 Å². The average molecular weight is 480 g/mol. The maximum Gasteiger partial charge on any atom is 0.338 e. The monoisotopic (exact) mass is 479 g/mol. The Morgan fingerprint density at radius 1 is 1.15 bits per heavy atom. The summed E-state index contributed by atoms with van der Waals surface area (Å²) in [6, 6.07) is 15.5. The molecule has 2 aromatic rings. The zero-order valence-electron chi connectivity index (χ0n) is 19.1. The summed E-state index contributed by atoms with van der Waals surface area (Å²) in [4.78, 5) is 32.0. The number of nitrogens with zero attached hydrogens (tertiary/aromatic N) is 2. The number of amides is 1. The van der Waals surface area contributed by atoms with E-state index in [9.17, 15) is 14.0 Å². The maximum atomic E-state index is 15.0. The molecule has 2 heterocycles. The quantitative estimate of drug-likeness (QED) is 0.555. The summed E-state index contributed by atoms with van der Waals surface area (Å²) >= 11 is 1.37. The number of hydrogen-bond donors (Lipinski definition) is 1. The van der Waals surface area contributed by atoms with Gasteiger partial charge in [0.05, 0.1) is 30.8 Å². The Kier molecular flexibility index (Phi) is 7.47. The van der Waals surface area contributed by atoms with Crippen LogP contribution in [-0.2, 0) is 20.7 Å². The third-order valence-electron chi connectivity index (χ3n) is 5.75. The second kappa shape index (κ2) is 10.7. The molecule has 0 saturated carbocycles. The number of amidine groups is 1. The fourth-order valence-electron chi connectivity index (χ4n) is 4.12. The lowest BCUT2D eigenvalue weighted by Gasteiger charge is -2.36. The van der Waals surface area contributed by atoms with Crippen LogP contribution in [0.4, 0.5) is 4.39 Å². The van der Waals surface area contributed by atoms with Crippen molar-refractivity contribution < 1.29 is 18.7 Å². The molecule has 6 nitrogen and oxygen atoms in total. The highest BCUT2D eigenvalue weighted by molar-refractivity contribution is 8.16. The zero-order valence-corrected chi connectivity index (χ0v) is 19.9. The van der Waals surface area contributed by atoms with Gasteiger partial charge in [0.1, 0.15) is 5.82 Å². The molecule has 4 rings (SSSR count). The van der Waals surface area contributed by atoms with Crippen molar-refractivity contribution in [2.75, 3.05) is 13.7 Å². The van der Waals surface area contributed by atoms with E-state index in [0.29, 0.717) is 35.1 Å². The first-order valence-electron chi connectivity index (χ1n) is 11.1. The first kappa shape index (κ1) is 23.8. The van der Waals surface area contributed by atoms with Gasteiger partial charge in [0.25, 0.3) is 0 Å². The number of rotatable bonds is 8. The molecule has 0 unspecified atom stereocenters. The van der Waals surface area contributed by atoms with E-state index in [0.717, 1.165) is 12.0 Å². The van der Waals surface area contributed by atoms with Gasteiger partial charge in [-0.05, 0) is 29.9 Å². The van der Waals surface area contributed by atoms with E-state index in [1.165, 1.54) is 24.9 Å². The Labute approximate surface area is 202 Å². The molecule has 0 aromatic heterocycles. The first-order chi connectivity index (χ1) is 16.5. The van der Waals surface area contributed by atoms with Crippen LogP contribution in [0.15, 0.2) is 82.0 Å². The maximum absolute atomic E-state index is 15.0. The fourth-order valence-corrected chi connectivity index (χ4v) is 5.06. The van der Waals surface area contributed by atoms with E-state index in [2.05, 4.69) is 10.3 Å². The summed E-state index contributed by atoms with van der Waals surface area (Å²) < 4.78 is 20.0. The first-order valence-corrected chi connectivity index (χ1v) is 12.0. The van der Waals surface area contributed by atoms with Crippen LogP contribution in [0.5, 0.6) is 0 Å². The van der Waals surface area contributed by atoms with Gasteiger partial charge in [0, 0.05) is 17.8 Å². The number of hydrogen-bond acceptors (Lipinski definition) is 6. The standard InChI is InChI=1S/C26H26FN3O3S/c1-3-21-23(25(32)33-2)24(19-11-7-8-12-20(19)27)30-18(16-34-26(30)29-21)15-22(31)28-14-13-17-9-5-4-6-10-17/h4-12,16,24H,3,13-15H2,1-2H3,(H,28,31)/t24-/m1/s1. The van der Waals surface area contributed by atoms with E-state index in [-0.39, 0.29) is 17.9 Å². The molecule has 0 spiro atoms. The van der Waals surface area contributed by atoms with Crippen LogP contribution in [0.1, 0.15) is 36.9 Å². The molecule has 34 heavy (non-hydrogen) atoms. The van der Waals surface area contributed by atoms with Crippen LogP contribution >= 0.6 is 11.8 Å². The number of esters is 1. The number of carbonyl (C=O) groups is 2. The number of methoxy groups -OCH3 is 1. The number of aliphatic imine (C=N–C) groups is 1. The van der Waals surface area contributed by atoms with Gasteiger partial charge in [-0.1, -0.05) is 67.2 Å². The molecule has 0 saturated heterocycles. The van der Waals surface area contributed by atoms with Gasteiger partial charge in [-0.25, -0.2) is 14.2 Å². The minimum absolute atomic E-state index is 0.0850. The van der Waals surface area contributed by atoms with Crippen LogP contribution in [0.3, 0.4) is 0 Å². The Balaban J connectivity index is 1.58. The van der Waals surface area contributed by atoms with Crippen LogP contribution in [0.2, 0.25) is 0 Å². The lowest BCUT2D eigenvalue weighted by molar-refractivity contribution is -0.136. The normalized spacial score (nSPS) is 17.1. The molecule has 1 atom stereocenters. The number of benzene rings is 2. The number of allylic oxidation sites excluding steroid dienone is 1. The van der Waals surface area contributed by atoms with Gasteiger partial charge in [0.15, 0.2) is 5.17 Å².